The molecule has 0 atom stereocenters. The number of rotatable bonds is 6. The molecule has 1 N–H and O–H groups in total. The molecule has 1 saturated carbocycles. The first-order valence-electron chi connectivity index (χ1n) is 6.97. The highest BCUT2D eigenvalue weighted by atomic mass is 79.9. The minimum atomic E-state index is -0.316. The number of benzene rings is 1. The highest BCUT2D eigenvalue weighted by Crippen LogP contribution is 2.26. The monoisotopic (exact) mass is 350 g/mol. The van der Waals surface area contributed by atoms with E-state index in [1.807, 2.05) is 18.2 Å². The summed E-state index contributed by atoms with van der Waals surface area (Å²) < 4.78 is 19.6. The zero-order valence-corrected chi connectivity index (χ0v) is 13.1. The molecule has 1 aromatic carbocycles. The van der Waals surface area contributed by atoms with Gasteiger partial charge in [0, 0.05) is 18.7 Å². The van der Waals surface area contributed by atoms with E-state index in [9.17, 15) is 4.39 Å². The second kappa shape index (κ2) is 6.54. The van der Waals surface area contributed by atoms with E-state index < -0.39 is 0 Å². The van der Waals surface area contributed by atoms with Crippen molar-refractivity contribution in [2.75, 3.05) is 0 Å². The number of aromatic nitrogens is 1. The molecular formula is C16H16BrFN2O. The van der Waals surface area contributed by atoms with Crippen molar-refractivity contribution in [3.63, 3.8) is 0 Å². The molecule has 21 heavy (non-hydrogen) atoms. The number of hydrogen-bond acceptors (Lipinski definition) is 3. The molecule has 110 valence electrons. The molecule has 2 aromatic rings. The van der Waals surface area contributed by atoms with E-state index >= 15 is 0 Å². The summed E-state index contributed by atoms with van der Waals surface area (Å²) >= 11 is 3.34. The van der Waals surface area contributed by atoms with Crippen molar-refractivity contribution in [2.45, 2.75) is 32.0 Å². The zero-order chi connectivity index (χ0) is 14.7. The van der Waals surface area contributed by atoms with Crippen LogP contribution < -0.4 is 10.1 Å². The van der Waals surface area contributed by atoms with Crippen molar-refractivity contribution in [3.05, 3.63) is 58.1 Å². The Kier molecular flexibility index (Phi) is 4.51. The Morgan fingerprint density at radius 1 is 1.24 bits per heavy atom. The molecule has 0 spiro atoms. The number of ether oxygens (including phenoxy) is 1. The Morgan fingerprint density at radius 2 is 2.05 bits per heavy atom. The minimum absolute atomic E-state index is 0.316. The lowest BCUT2D eigenvalue weighted by Crippen LogP contribution is -2.16. The maximum atomic E-state index is 13.2. The van der Waals surface area contributed by atoms with Gasteiger partial charge in [0.2, 0.25) is 0 Å². The summed E-state index contributed by atoms with van der Waals surface area (Å²) in [6.45, 7) is 1.10. The van der Waals surface area contributed by atoms with Gasteiger partial charge < -0.3 is 10.1 Å². The van der Waals surface area contributed by atoms with Crippen LogP contribution in [0.1, 0.15) is 24.2 Å². The zero-order valence-electron chi connectivity index (χ0n) is 11.5. The predicted octanol–water partition coefficient (Wildman–Crippen LogP) is 3.81. The van der Waals surface area contributed by atoms with Gasteiger partial charge in [0.05, 0.1) is 15.9 Å². The Labute approximate surface area is 131 Å². The van der Waals surface area contributed by atoms with Gasteiger partial charge in [-0.15, -0.1) is 0 Å². The first-order valence-corrected chi connectivity index (χ1v) is 7.76. The van der Waals surface area contributed by atoms with Gasteiger partial charge in [-0.3, -0.25) is 4.98 Å². The molecule has 1 aliphatic rings. The van der Waals surface area contributed by atoms with Crippen LogP contribution in [0.3, 0.4) is 0 Å². The summed E-state index contributed by atoms with van der Waals surface area (Å²) in [5.41, 5.74) is 1.84. The smallest absolute Gasteiger partial charge is 0.136 e. The second-order valence-corrected chi connectivity index (χ2v) is 5.99. The summed E-state index contributed by atoms with van der Waals surface area (Å²) in [5.74, 6) is 0.168. The molecule has 1 heterocycles. The van der Waals surface area contributed by atoms with Crippen LogP contribution in [0.25, 0.3) is 0 Å². The lowest BCUT2D eigenvalue weighted by molar-refractivity contribution is 0.297. The van der Waals surface area contributed by atoms with Crippen LogP contribution >= 0.6 is 15.9 Å². The highest BCUT2D eigenvalue weighted by molar-refractivity contribution is 9.10. The quantitative estimate of drug-likeness (QED) is 0.859. The molecule has 0 radical (unpaired) electrons. The molecule has 5 heteroatoms. The first kappa shape index (κ1) is 14.5. The van der Waals surface area contributed by atoms with Crippen molar-refractivity contribution in [3.8, 4) is 5.75 Å². The SMILES string of the molecule is Fc1ccc(Br)c(OCc2cccc(CNC3CC3)n2)c1. The Morgan fingerprint density at radius 3 is 2.86 bits per heavy atom. The fourth-order valence-corrected chi connectivity index (χ4v) is 2.35. The maximum absolute atomic E-state index is 13.2. The second-order valence-electron chi connectivity index (χ2n) is 5.14. The van der Waals surface area contributed by atoms with Crippen LogP contribution in [0.5, 0.6) is 5.75 Å². The lowest BCUT2D eigenvalue weighted by Gasteiger charge is -2.09. The average molecular weight is 351 g/mol. The number of halogens is 2. The minimum Gasteiger partial charge on any atom is -0.486 e. The van der Waals surface area contributed by atoms with Gasteiger partial charge in [-0.25, -0.2) is 4.39 Å². The molecule has 1 aliphatic carbocycles. The molecule has 0 saturated heterocycles. The fraction of sp³-hybridized carbons (Fsp3) is 0.312. The van der Waals surface area contributed by atoms with E-state index in [4.69, 9.17) is 4.74 Å². The molecule has 0 aliphatic heterocycles. The van der Waals surface area contributed by atoms with Gasteiger partial charge in [-0.1, -0.05) is 6.07 Å². The van der Waals surface area contributed by atoms with E-state index in [1.54, 1.807) is 6.07 Å². The molecule has 1 fully saturated rings. The predicted molar refractivity (Wildman–Crippen MR) is 82.5 cm³/mol. The Balaban J connectivity index is 1.61. The van der Waals surface area contributed by atoms with Crippen molar-refractivity contribution >= 4 is 15.9 Å². The van der Waals surface area contributed by atoms with Gasteiger partial charge >= 0.3 is 0 Å². The van der Waals surface area contributed by atoms with E-state index in [0.29, 0.717) is 18.4 Å². The summed E-state index contributed by atoms with van der Waals surface area (Å²) in [7, 11) is 0. The third-order valence-corrected chi connectivity index (χ3v) is 3.94. The van der Waals surface area contributed by atoms with Crippen LogP contribution in [-0.4, -0.2) is 11.0 Å². The van der Waals surface area contributed by atoms with E-state index in [-0.39, 0.29) is 5.82 Å². The largest absolute Gasteiger partial charge is 0.486 e. The van der Waals surface area contributed by atoms with Crippen LogP contribution in [0.4, 0.5) is 4.39 Å². The van der Waals surface area contributed by atoms with Crippen LogP contribution in [0.2, 0.25) is 0 Å². The van der Waals surface area contributed by atoms with Gasteiger partial charge in [0.25, 0.3) is 0 Å². The van der Waals surface area contributed by atoms with Crippen LogP contribution in [-0.2, 0) is 13.2 Å². The maximum Gasteiger partial charge on any atom is 0.136 e. The van der Waals surface area contributed by atoms with Gasteiger partial charge in [-0.2, -0.15) is 0 Å². The Bertz CT molecular complexity index is 631. The Hall–Kier alpha value is -1.46. The van der Waals surface area contributed by atoms with Crippen molar-refractivity contribution in [2.24, 2.45) is 0 Å². The summed E-state index contributed by atoms with van der Waals surface area (Å²) in [5, 5.41) is 3.43. The third-order valence-electron chi connectivity index (χ3n) is 3.28. The van der Waals surface area contributed by atoms with Crippen molar-refractivity contribution < 1.29 is 9.13 Å². The number of pyridine rings is 1. The molecule has 3 rings (SSSR count). The van der Waals surface area contributed by atoms with Crippen LogP contribution in [0.15, 0.2) is 40.9 Å². The van der Waals surface area contributed by atoms with E-state index in [2.05, 4.69) is 26.2 Å². The lowest BCUT2D eigenvalue weighted by atomic mass is 10.3. The van der Waals surface area contributed by atoms with Crippen molar-refractivity contribution in [1.82, 2.24) is 10.3 Å². The molecule has 0 bridgehead atoms. The molecule has 1 aromatic heterocycles. The van der Waals surface area contributed by atoms with Gasteiger partial charge in [0.1, 0.15) is 18.2 Å². The number of hydrogen-bond donors (Lipinski definition) is 1. The molecule has 3 nitrogen and oxygen atoms in total. The van der Waals surface area contributed by atoms with E-state index in [0.717, 1.165) is 22.4 Å². The summed E-state index contributed by atoms with van der Waals surface area (Å²) in [6, 6.07) is 10.9. The summed E-state index contributed by atoms with van der Waals surface area (Å²) in [4.78, 5) is 4.54. The highest BCUT2D eigenvalue weighted by Gasteiger charge is 2.20. The molecular weight excluding hydrogens is 335 g/mol. The fourth-order valence-electron chi connectivity index (χ4n) is 1.98. The first-order chi connectivity index (χ1) is 10.2. The topological polar surface area (TPSA) is 34.1 Å². The standard InChI is InChI=1S/C16H16BrFN2O/c17-15-7-4-11(18)8-16(15)21-10-14-3-1-2-13(20-14)9-19-12-5-6-12/h1-4,7-8,12,19H,5-6,9-10H2. The number of nitrogens with zero attached hydrogens (tertiary/aromatic N) is 1. The third kappa shape index (κ3) is 4.25. The number of nitrogens with one attached hydrogen (secondary N) is 1. The van der Waals surface area contributed by atoms with E-state index in [1.165, 1.54) is 25.0 Å². The molecule has 0 amide bonds. The van der Waals surface area contributed by atoms with Crippen molar-refractivity contribution in [1.29, 1.82) is 0 Å². The van der Waals surface area contributed by atoms with Gasteiger partial charge in [-0.05, 0) is 53.0 Å². The normalized spacial score (nSPS) is 14.2. The average Bonchev–Trinajstić information content (AvgIpc) is 3.31. The summed E-state index contributed by atoms with van der Waals surface area (Å²) in [6.07, 6.45) is 2.52. The van der Waals surface area contributed by atoms with Crippen LogP contribution in [0, 0.1) is 5.82 Å². The van der Waals surface area contributed by atoms with Gasteiger partial charge in [0.15, 0.2) is 0 Å². The molecule has 0 unspecified atom stereocenters.